The molecule has 3 nitrogen and oxygen atoms in total. The van der Waals surface area contributed by atoms with Crippen molar-refractivity contribution in [2.75, 3.05) is 17.2 Å². The molecule has 2 aromatic carbocycles. The highest BCUT2D eigenvalue weighted by Crippen LogP contribution is 2.36. The van der Waals surface area contributed by atoms with Crippen molar-refractivity contribution in [3.05, 3.63) is 59.2 Å². The number of carbonyl (C=O) groups is 2. The van der Waals surface area contributed by atoms with Crippen LogP contribution in [0.5, 0.6) is 0 Å². The van der Waals surface area contributed by atoms with Crippen LogP contribution in [-0.2, 0) is 6.42 Å². The lowest BCUT2D eigenvalue weighted by atomic mass is 10.0. The Bertz CT molecular complexity index is 784. The van der Waals surface area contributed by atoms with Crippen molar-refractivity contribution >= 4 is 29.1 Å². The van der Waals surface area contributed by atoms with E-state index in [4.69, 9.17) is 0 Å². The third-order valence-corrected chi connectivity index (χ3v) is 5.39. The van der Waals surface area contributed by atoms with Gasteiger partial charge in [-0.15, -0.1) is 11.8 Å². The van der Waals surface area contributed by atoms with E-state index in [9.17, 15) is 9.59 Å². The molecule has 0 radical (unpaired) electrons. The van der Waals surface area contributed by atoms with E-state index < -0.39 is 0 Å². The number of benzene rings is 2. The lowest BCUT2D eigenvalue weighted by Gasteiger charge is -2.22. The van der Waals surface area contributed by atoms with Gasteiger partial charge in [-0.2, -0.15) is 0 Å². The van der Waals surface area contributed by atoms with E-state index in [0.29, 0.717) is 24.1 Å². The Kier molecular flexibility index (Phi) is 3.26. The maximum atomic E-state index is 13.0. The van der Waals surface area contributed by atoms with Gasteiger partial charge in [0.25, 0.3) is 5.91 Å². The molecule has 0 saturated heterocycles. The van der Waals surface area contributed by atoms with Crippen LogP contribution in [0, 0.1) is 0 Å². The van der Waals surface area contributed by atoms with Gasteiger partial charge in [-0.3, -0.25) is 9.59 Å². The summed E-state index contributed by atoms with van der Waals surface area (Å²) in [5, 5.41) is 0. The van der Waals surface area contributed by atoms with E-state index in [2.05, 4.69) is 6.07 Å². The van der Waals surface area contributed by atoms with Crippen molar-refractivity contribution in [3.8, 4) is 0 Å². The number of hydrogen-bond acceptors (Lipinski definition) is 3. The number of nitrogens with zero attached hydrogens (tertiary/aromatic N) is 1. The number of hydrogen-bond donors (Lipinski definition) is 0. The first-order valence-electron chi connectivity index (χ1n) is 7.44. The Labute approximate surface area is 133 Å². The van der Waals surface area contributed by atoms with E-state index in [1.807, 2.05) is 41.3 Å². The molecule has 0 atom stereocenters. The summed E-state index contributed by atoms with van der Waals surface area (Å²) in [6, 6.07) is 13.5. The molecule has 0 N–H and O–H groups in total. The van der Waals surface area contributed by atoms with Crippen LogP contribution in [0.4, 0.5) is 5.69 Å². The molecule has 2 aliphatic rings. The zero-order valence-corrected chi connectivity index (χ0v) is 12.9. The molecule has 2 aromatic rings. The Morgan fingerprint density at radius 2 is 1.91 bits per heavy atom. The number of rotatable bonds is 1. The van der Waals surface area contributed by atoms with Gasteiger partial charge in [0.2, 0.25) is 0 Å². The molecule has 2 heterocycles. The average molecular weight is 309 g/mol. The molecule has 0 bridgehead atoms. The molecule has 0 saturated carbocycles. The second kappa shape index (κ2) is 5.29. The minimum absolute atomic E-state index is 0.00370. The van der Waals surface area contributed by atoms with Crippen molar-refractivity contribution in [2.24, 2.45) is 0 Å². The molecule has 0 unspecified atom stereocenters. The van der Waals surface area contributed by atoms with Gasteiger partial charge in [0.1, 0.15) is 0 Å². The predicted molar refractivity (Wildman–Crippen MR) is 87.9 cm³/mol. The smallest absolute Gasteiger partial charge is 0.259 e. The van der Waals surface area contributed by atoms with Gasteiger partial charge in [0, 0.05) is 34.9 Å². The van der Waals surface area contributed by atoms with Crippen molar-refractivity contribution in [1.82, 2.24) is 0 Å². The number of ketones is 1. The molecule has 110 valence electrons. The predicted octanol–water partition coefficient (Wildman–Crippen LogP) is 3.57. The second-order valence-electron chi connectivity index (χ2n) is 5.54. The zero-order chi connectivity index (χ0) is 15.1. The third kappa shape index (κ3) is 2.06. The fraction of sp³-hybridized carbons (Fsp3) is 0.222. The molecule has 2 aliphatic heterocycles. The lowest BCUT2D eigenvalue weighted by molar-refractivity contribution is 0.0982. The van der Waals surface area contributed by atoms with Crippen LogP contribution in [0.15, 0.2) is 47.4 Å². The first-order valence-corrected chi connectivity index (χ1v) is 8.43. The van der Waals surface area contributed by atoms with Gasteiger partial charge >= 0.3 is 0 Å². The second-order valence-corrected chi connectivity index (χ2v) is 6.64. The van der Waals surface area contributed by atoms with Crippen LogP contribution in [0.3, 0.4) is 0 Å². The first-order chi connectivity index (χ1) is 10.8. The largest absolute Gasteiger partial charge is 0.308 e. The summed E-state index contributed by atoms with van der Waals surface area (Å²) in [6.07, 6.45) is 1.45. The molecule has 0 fully saturated rings. The topological polar surface area (TPSA) is 37.4 Å². The maximum absolute atomic E-state index is 13.0. The normalized spacial score (nSPS) is 16.4. The van der Waals surface area contributed by atoms with Gasteiger partial charge in [-0.25, -0.2) is 0 Å². The standard InChI is InChI=1S/C18H15NO2S/c20-16-9-11-22-17-13(16)5-3-6-14(17)18(21)19-10-8-12-4-1-2-7-15(12)19/h1-7H,8-11H2. The quantitative estimate of drug-likeness (QED) is 0.808. The number of thioether (sulfide) groups is 1. The Morgan fingerprint density at radius 3 is 2.82 bits per heavy atom. The zero-order valence-electron chi connectivity index (χ0n) is 12.0. The number of anilines is 1. The summed E-state index contributed by atoms with van der Waals surface area (Å²) < 4.78 is 0. The minimum Gasteiger partial charge on any atom is -0.308 e. The van der Waals surface area contributed by atoms with Crippen molar-refractivity contribution < 1.29 is 9.59 Å². The van der Waals surface area contributed by atoms with E-state index in [-0.39, 0.29) is 11.7 Å². The molecule has 4 rings (SSSR count). The summed E-state index contributed by atoms with van der Waals surface area (Å²) in [4.78, 5) is 27.7. The molecule has 0 aliphatic carbocycles. The minimum atomic E-state index is 0.00370. The highest BCUT2D eigenvalue weighted by molar-refractivity contribution is 7.99. The Balaban J connectivity index is 1.76. The fourth-order valence-corrected chi connectivity index (χ4v) is 4.30. The monoisotopic (exact) mass is 309 g/mol. The highest BCUT2D eigenvalue weighted by Gasteiger charge is 2.29. The van der Waals surface area contributed by atoms with E-state index >= 15 is 0 Å². The number of para-hydroxylation sites is 1. The van der Waals surface area contributed by atoms with Gasteiger partial charge in [-0.1, -0.05) is 30.3 Å². The summed E-state index contributed by atoms with van der Waals surface area (Å²) in [5.41, 5.74) is 3.57. The number of fused-ring (bicyclic) bond motifs is 2. The molecule has 4 heteroatoms. The number of amides is 1. The Hall–Kier alpha value is -2.07. The first kappa shape index (κ1) is 13.6. The van der Waals surface area contributed by atoms with Crippen molar-refractivity contribution in [3.63, 3.8) is 0 Å². The summed E-state index contributed by atoms with van der Waals surface area (Å²) >= 11 is 1.62. The van der Waals surface area contributed by atoms with Crippen LogP contribution in [-0.4, -0.2) is 24.0 Å². The molecule has 0 aromatic heterocycles. The van der Waals surface area contributed by atoms with Crippen LogP contribution in [0.25, 0.3) is 0 Å². The number of carbonyl (C=O) groups excluding carboxylic acids is 2. The van der Waals surface area contributed by atoms with Gasteiger partial charge in [-0.05, 0) is 24.1 Å². The Morgan fingerprint density at radius 1 is 1.05 bits per heavy atom. The molecule has 0 spiro atoms. The fourth-order valence-electron chi connectivity index (χ4n) is 3.16. The van der Waals surface area contributed by atoms with Crippen LogP contribution in [0.2, 0.25) is 0 Å². The highest BCUT2D eigenvalue weighted by atomic mass is 32.2. The maximum Gasteiger partial charge on any atom is 0.259 e. The molecule has 1 amide bonds. The molecular weight excluding hydrogens is 294 g/mol. The van der Waals surface area contributed by atoms with Gasteiger partial charge in [0.15, 0.2) is 5.78 Å². The van der Waals surface area contributed by atoms with E-state index in [0.717, 1.165) is 22.8 Å². The van der Waals surface area contributed by atoms with Crippen LogP contribution >= 0.6 is 11.8 Å². The number of Topliss-reactive ketones (excluding diaryl/α,β-unsaturated/α-hetero) is 1. The van der Waals surface area contributed by atoms with Crippen LogP contribution < -0.4 is 4.90 Å². The molecular formula is C18H15NO2S. The third-order valence-electron chi connectivity index (χ3n) is 4.25. The average Bonchev–Trinajstić information content (AvgIpc) is 2.98. The van der Waals surface area contributed by atoms with Crippen molar-refractivity contribution in [2.45, 2.75) is 17.7 Å². The van der Waals surface area contributed by atoms with Gasteiger partial charge in [0.05, 0.1) is 5.56 Å². The molecule has 22 heavy (non-hydrogen) atoms. The lowest BCUT2D eigenvalue weighted by Crippen LogP contribution is -2.30. The van der Waals surface area contributed by atoms with Crippen molar-refractivity contribution in [1.29, 1.82) is 0 Å². The SMILES string of the molecule is O=C1CCSc2c1cccc2C(=O)N1CCc2ccccc21. The van der Waals surface area contributed by atoms with Crippen LogP contribution in [0.1, 0.15) is 32.7 Å². The van der Waals surface area contributed by atoms with Gasteiger partial charge < -0.3 is 4.90 Å². The summed E-state index contributed by atoms with van der Waals surface area (Å²) in [7, 11) is 0. The van der Waals surface area contributed by atoms with E-state index in [1.54, 1.807) is 11.8 Å². The summed E-state index contributed by atoms with van der Waals surface area (Å²) in [5.74, 6) is 0.904. The van der Waals surface area contributed by atoms with E-state index in [1.165, 1.54) is 5.56 Å². The summed E-state index contributed by atoms with van der Waals surface area (Å²) in [6.45, 7) is 0.709.